The van der Waals surface area contributed by atoms with Crippen molar-refractivity contribution in [2.75, 3.05) is 6.54 Å². The van der Waals surface area contributed by atoms with Gasteiger partial charge in [0.1, 0.15) is 0 Å². The molecule has 2 rings (SSSR count). The highest BCUT2D eigenvalue weighted by Crippen LogP contribution is 2.17. The van der Waals surface area contributed by atoms with Crippen LogP contribution < -0.4 is 5.32 Å². The number of nitrogens with zero attached hydrogens (tertiary/aromatic N) is 2. The number of benzene rings is 1. The third-order valence-corrected chi connectivity index (χ3v) is 2.97. The van der Waals surface area contributed by atoms with Gasteiger partial charge >= 0.3 is 0 Å². The zero-order valence-corrected chi connectivity index (χ0v) is 11.3. The first-order valence-electron chi connectivity index (χ1n) is 5.90. The first-order chi connectivity index (χ1) is 8.65. The number of hydrogen-bond donors (Lipinski definition) is 1. The Kier molecular flexibility index (Phi) is 4.33. The zero-order valence-electron chi connectivity index (χ0n) is 10.5. The van der Waals surface area contributed by atoms with E-state index in [-0.39, 0.29) is 0 Å². The molecule has 0 aliphatic heterocycles. The summed E-state index contributed by atoms with van der Waals surface area (Å²) < 4.78 is 4.90. The molecule has 1 aromatic carbocycles. The Labute approximate surface area is 111 Å². The van der Waals surface area contributed by atoms with Crippen LogP contribution in [0.25, 0.3) is 0 Å². The average molecular weight is 266 g/mol. The molecule has 96 valence electrons. The van der Waals surface area contributed by atoms with Crippen LogP contribution in [-0.4, -0.2) is 16.7 Å². The van der Waals surface area contributed by atoms with E-state index in [1.807, 2.05) is 19.1 Å². The molecule has 1 N–H and O–H groups in total. The van der Waals surface area contributed by atoms with E-state index in [1.54, 1.807) is 6.92 Å². The number of nitrogens with one attached hydrogen (secondary N) is 1. The van der Waals surface area contributed by atoms with Gasteiger partial charge in [0.2, 0.25) is 5.89 Å². The molecule has 18 heavy (non-hydrogen) atoms. The Morgan fingerprint density at radius 1 is 1.33 bits per heavy atom. The van der Waals surface area contributed by atoms with Crippen molar-refractivity contribution in [3.8, 4) is 0 Å². The number of rotatable bonds is 5. The van der Waals surface area contributed by atoms with E-state index >= 15 is 0 Å². The van der Waals surface area contributed by atoms with Crippen molar-refractivity contribution in [1.82, 2.24) is 15.5 Å². The summed E-state index contributed by atoms with van der Waals surface area (Å²) in [4.78, 5) is 4.14. The minimum atomic E-state index is 0.603. The molecule has 0 saturated heterocycles. The van der Waals surface area contributed by atoms with Gasteiger partial charge in [-0.15, -0.1) is 0 Å². The molecule has 5 heteroatoms. The predicted octanol–water partition coefficient (Wildman–Crippen LogP) is 2.67. The molecule has 1 aromatic heterocycles. The van der Waals surface area contributed by atoms with Gasteiger partial charge in [0.15, 0.2) is 5.82 Å². The van der Waals surface area contributed by atoms with Crippen molar-refractivity contribution < 1.29 is 4.52 Å². The summed E-state index contributed by atoms with van der Waals surface area (Å²) in [6.45, 7) is 5.36. The fourth-order valence-electron chi connectivity index (χ4n) is 1.66. The van der Waals surface area contributed by atoms with E-state index < -0.39 is 0 Å². The fraction of sp³-hybridized carbons (Fsp3) is 0.385. The minimum Gasteiger partial charge on any atom is -0.340 e. The largest absolute Gasteiger partial charge is 0.340 e. The summed E-state index contributed by atoms with van der Waals surface area (Å²) in [7, 11) is 0. The summed E-state index contributed by atoms with van der Waals surface area (Å²) in [5, 5.41) is 7.95. The van der Waals surface area contributed by atoms with Gasteiger partial charge in [-0.25, -0.2) is 0 Å². The van der Waals surface area contributed by atoms with E-state index in [0.717, 1.165) is 35.9 Å². The summed E-state index contributed by atoms with van der Waals surface area (Å²) in [6.07, 6.45) is 0.751. The van der Waals surface area contributed by atoms with Crippen LogP contribution in [-0.2, 0) is 13.0 Å². The van der Waals surface area contributed by atoms with Crippen LogP contribution in [0.3, 0.4) is 0 Å². The van der Waals surface area contributed by atoms with Crippen LogP contribution >= 0.6 is 11.6 Å². The number of aromatic nitrogens is 2. The maximum atomic E-state index is 6.15. The topological polar surface area (TPSA) is 51.0 Å². The van der Waals surface area contributed by atoms with Crippen LogP contribution in [0.4, 0.5) is 0 Å². The van der Waals surface area contributed by atoms with Gasteiger partial charge in [-0.1, -0.05) is 28.9 Å². The zero-order chi connectivity index (χ0) is 13.0. The van der Waals surface area contributed by atoms with E-state index in [1.165, 1.54) is 5.56 Å². The van der Waals surface area contributed by atoms with Gasteiger partial charge in [0.25, 0.3) is 0 Å². The van der Waals surface area contributed by atoms with E-state index in [9.17, 15) is 0 Å². The Hall–Kier alpha value is -1.39. The van der Waals surface area contributed by atoms with Crippen LogP contribution in [0, 0.1) is 13.8 Å². The number of aryl methyl sites for hydroxylation is 2. The van der Waals surface area contributed by atoms with E-state index in [0.29, 0.717) is 5.89 Å². The molecule has 0 fully saturated rings. The SMILES string of the molecule is Cc1ccc(CNCCc2noc(C)n2)c(Cl)c1. The Balaban J connectivity index is 1.78. The monoisotopic (exact) mass is 265 g/mol. The molecule has 2 aromatic rings. The van der Waals surface area contributed by atoms with E-state index in [2.05, 4.69) is 21.5 Å². The highest BCUT2D eigenvalue weighted by Gasteiger charge is 2.03. The number of hydrogen-bond acceptors (Lipinski definition) is 4. The summed E-state index contributed by atoms with van der Waals surface area (Å²) in [6, 6.07) is 6.08. The molecule has 0 atom stereocenters. The maximum Gasteiger partial charge on any atom is 0.223 e. The molecule has 0 amide bonds. The van der Waals surface area contributed by atoms with Gasteiger partial charge in [0.05, 0.1) is 0 Å². The Bertz CT molecular complexity index is 525. The van der Waals surface area contributed by atoms with Crippen molar-refractivity contribution in [1.29, 1.82) is 0 Å². The molecule has 0 spiro atoms. The fourth-order valence-corrected chi connectivity index (χ4v) is 1.96. The molecule has 4 nitrogen and oxygen atoms in total. The molecular formula is C13H16ClN3O. The quantitative estimate of drug-likeness (QED) is 0.845. The minimum absolute atomic E-state index is 0.603. The molecule has 0 aliphatic rings. The molecule has 0 aliphatic carbocycles. The molecule has 0 bridgehead atoms. The van der Waals surface area contributed by atoms with Gasteiger partial charge in [-0.2, -0.15) is 4.98 Å². The van der Waals surface area contributed by atoms with Gasteiger partial charge < -0.3 is 9.84 Å². The molecule has 1 heterocycles. The van der Waals surface area contributed by atoms with Crippen molar-refractivity contribution in [2.45, 2.75) is 26.8 Å². The summed E-state index contributed by atoms with van der Waals surface area (Å²) >= 11 is 6.15. The predicted molar refractivity (Wildman–Crippen MR) is 70.6 cm³/mol. The van der Waals surface area contributed by atoms with Crippen molar-refractivity contribution >= 4 is 11.6 Å². The lowest BCUT2D eigenvalue weighted by atomic mass is 10.1. The molecule has 0 radical (unpaired) electrons. The highest BCUT2D eigenvalue weighted by atomic mass is 35.5. The first kappa shape index (κ1) is 13.1. The molecular weight excluding hydrogens is 250 g/mol. The standard InChI is InChI=1S/C13H16ClN3O/c1-9-3-4-11(12(14)7-9)8-15-6-5-13-16-10(2)18-17-13/h3-4,7,15H,5-6,8H2,1-2H3. The second-order valence-corrected chi connectivity index (χ2v) is 4.66. The van der Waals surface area contributed by atoms with Crippen LogP contribution in [0.1, 0.15) is 22.8 Å². The van der Waals surface area contributed by atoms with E-state index in [4.69, 9.17) is 16.1 Å². The van der Waals surface area contributed by atoms with Crippen LogP contribution in [0.5, 0.6) is 0 Å². The maximum absolute atomic E-state index is 6.15. The van der Waals surface area contributed by atoms with Crippen LogP contribution in [0.2, 0.25) is 5.02 Å². The lowest BCUT2D eigenvalue weighted by Gasteiger charge is -2.06. The summed E-state index contributed by atoms with van der Waals surface area (Å²) in [5.41, 5.74) is 2.28. The second kappa shape index (κ2) is 5.98. The van der Waals surface area contributed by atoms with Gasteiger partial charge in [0, 0.05) is 31.5 Å². The van der Waals surface area contributed by atoms with Gasteiger partial charge in [-0.05, 0) is 24.1 Å². The first-order valence-corrected chi connectivity index (χ1v) is 6.28. The van der Waals surface area contributed by atoms with Crippen molar-refractivity contribution in [3.63, 3.8) is 0 Å². The lowest BCUT2D eigenvalue weighted by Crippen LogP contribution is -2.17. The molecule has 0 unspecified atom stereocenters. The lowest BCUT2D eigenvalue weighted by molar-refractivity contribution is 0.387. The second-order valence-electron chi connectivity index (χ2n) is 4.25. The number of halogens is 1. The Morgan fingerprint density at radius 2 is 2.17 bits per heavy atom. The third-order valence-electron chi connectivity index (χ3n) is 2.62. The average Bonchev–Trinajstić information content (AvgIpc) is 2.73. The summed E-state index contributed by atoms with van der Waals surface area (Å²) in [5.74, 6) is 1.33. The van der Waals surface area contributed by atoms with Crippen LogP contribution in [0.15, 0.2) is 22.7 Å². The van der Waals surface area contributed by atoms with Crippen molar-refractivity contribution in [3.05, 3.63) is 46.1 Å². The highest BCUT2D eigenvalue weighted by molar-refractivity contribution is 6.31. The van der Waals surface area contributed by atoms with Gasteiger partial charge in [-0.3, -0.25) is 0 Å². The Morgan fingerprint density at radius 3 is 2.83 bits per heavy atom. The molecule has 0 saturated carbocycles. The third kappa shape index (κ3) is 3.55. The van der Waals surface area contributed by atoms with Crippen molar-refractivity contribution in [2.24, 2.45) is 0 Å². The smallest absolute Gasteiger partial charge is 0.223 e. The normalized spacial score (nSPS) is 10.8.